The summed E-state index contributed by atoms with van der Waals surface area (Å²) in [6.45, 7) is -0.612. The molecule has 0 saturated heterocycles. The summed E-state index contributed by atoms with van der Waals surface area (Å²) in [4.78, 5) is 46.5. The summed E-state index contributed by atoms with van der Waals surface area (Å²) in [6, 6.07) is 6.45. The molecule has 2 aromatic rings. The third-order valence-electron chi connectivity index (χ3n) is 3.57. The van der Waals surface area contributed by atoms with E-state index in [0.29, 0.717) is 5.01 Å². The number of hydrogen-bond acceptors (Lipinski definition) is 6. The highest BCUT2D eigenvalue weighted by atomic mass is 35.5. The van der Waals surface area contributed by atoms with Crippen LogP contribution in [0.2, 0.25) is 5.02 Å². The van der Waals surface area contributed by atoms with Crippen LogP contribution in [0.5, 0.6) is 5.75 Å². The minimum Gasteiger partial charge on any atom is -0.482 e. The number of fused-ring (bicyclic) bond motifs is 1. The maximum absolute atomic E-state index is 13.0. The Morgan fingerprint density at radius 1 is 1.19 bits per heavy atom. The van der Waals surface area contributed by atoms with Gasteiger partial charge in [-0.3, -0.25) is 29.9 Å². The Balaban J connectivity index is 1.68. The molecule has 1 heterocycles. The van der Waals surface area contributed by atoms with E-state index >= 15 is 0 Å². The third kappa shape index (κ3) is 3.55. The van der Waals surface area contributed by atoms with Crippen molar-refractivity contribution < 1.29 is 28.4 Å². The monoisotopic (exact) mass is 393 g/mol. The summed E-state index contributed by atoms with van der Waals surface area (Å²) in [6.07, 6.45) is 0. The molecule has 0 fully saturated rings. The number of nitro benzene ring substituents is 1. The van der Waals surface area contributed by atoms with E-state index in [1.165, 1.54) is 6.07 Å². The first kappa shape index (κ1) is 18.3. The molecule has 1 aliphatic heterocycles. The van der Waals surface area contributed by atoms with E-state index in [9.17, 15) is 28.9 Å². The maximum atomic E-state index is 13.0. The van der Waals surface area contributed by atoms with Crippen molar-refractivity contribution in [2.75, 3.05) is 6.61 Å². The van der Waals surface area contributed by atoms with Crippen LogP contribution in [-0.4, -0.2) is 34.3 Å². The van der Waals surface area contributed by atoms with Crippen LogP contribution in [0.3, 0.4) is 0 Å². The molecule has 0 aromatic heterocycles. The minimum absolute atomic E-state index is 0.0335. The molecular weight excluding hydrogens is 385 g/mol. The van der Waals surface area contributed by atoms with Crippen molar-refractivity contribution in [3.8, 4) is 5.75 Å². The molecule has 0 saturated carbocycles. The Bertz CT molecular complexity index is 996. The number of carbonyl (C=O) groups excluding carboxylic acids is 3. The molecule has 1 N–H and O–H groups in total. The first-order chi connectivity index (χ1) is 12.8. The number of nitrogens with zero attached hydrogens (tertiary/aromatic N) is 2. The molecule has 138 valence electrons. The number of hydrazine groups is 1. The number of carbonyl (C=O) groups is 3. The highest BCUT2D eigenvalue weighted by Crippen LogP contribution is 2.26. The molecule has 11 heteroatoms. The molecule has 1 aliphatic rings. The van der Waals surface area contributed by atoms with Crippen molar-refractivity contribution in [2.45, 2.75) is 0 Å². The van der Waals surface area contributed by atoms with Gasteiger partial charge < -0.3 is 4.74 Å². The minimum atomic E-state index is -0.910. The van der Waals surface area contributed by atoms with Crippen molar-refractivity contribution in [1.29, 1.82) is 0 Å². The number of nitro groups is 1. The molecule has 0 aliphatic carbocycles. The molecule has 3 rings (SSSR count). The Kier molecular flexibility index (Phi) is 4.74. The molecule has 0 spiro atoms. The van der Waals surface area contributed by atoms with Gasteiger partial charge in [0.05, 0.1) is 21.1 Å². The molecule has 0 unspecified atom stereocenters. The fourth-order valence-corrected chi connectivity index (χ4v) is 2.56. The van der Waals surface area contributed by atoms with Crippen molar-refractivity contribution in [3.05, 3.63) is 68.5 Å². The van der Waals surface area contributed by atoms with E-state index in [1.807, 2.05) is 0 Å². The average molecular weight is 394 g/mol. The number of amides is 3. The molecule has 27 heavy (non-hydrogen) atoms. The second-order valence-electron chi connectivity index (χ2n) is 5.33. The van der Waals surface area contributed by atoms with Gasteiger partial charge in [0.15, 0.2) is 6.61 Å². The number of nitrogens with one attached hydrogen (secondary N) is 1. The van der Waals surface area contributed by atoms with Gasteiger partial charge in [-0.05, 0) is 24.3 Å². The Morgan fingerprint density at radius 2 is 1.89 bits per heavy atom. The topological polar surface area (TPSA) is 119 Å². The molecule has 3 amide bonds. The number of rotatable bonds is 5. The van der Waals surface area contributed by atoms with E-state index < -0.39 is 35.1 Å². The van der Waals surface area contributed by atoms with Gasteiger partial charge in [-0.2, -0.15) is 5.01 Å². The van der Waals surface area contributed by atoms with Crippen LogP contribution in [-0.2, 0) is 4.79 Å². The Labute approximate surface area is 155 Å². The molecule has 9 nitrogen and oxygen atoms in total. The lowest BCUT2D eigenvalue weighted by molar-refractivity contribution is -0.384. The van der Waals surface area contributed by atoms with Crippen LogP contribution in [0.25, 0.3) is 0 Å². The summed E-state index contributed by atoms with van der Waals surface area (Å²) in [5.74, 6) is -3.16. The van der Waals surface area contributed by atoms with Crippen LogP contribution in [0, 0.1) is 15.9 Å². The highest BCUT2D eigenvalue weighted by molar-refractivity contribution is 6.32. The lowest BCUT2D eigenvalue weighted by Gasteiger charge is -2.15. The number of benzene rings is 2. The molecule has 0 radical (unpaired) electrons. The van der Waals surface area contributed by atoms with E-state index in [1.54, 1.807) is 0 Å². The molecular formula is C16H9ClFN3O6. The first-order valence-corrected chi connectivity index (χ1v) is 7.70. The lowest BCUT2D eigenvalue weighted by atomic mass is 10.1. The van der Waals surface area contributed by atoms with Gasteiger partial charge in [0, 0.05) is 12.1 Å². The van der Waals surface area contributed by atoms with Gasteiger partial charge in [0.1, 0.15) is 11.6 Å². The highest BCUT2D eigenvalue weighted by Gasteiger charge is 2.38. The predicted octanol–water partition coefficient (Wildman–Crippen LogP) is 2.09. The Morgan fingerprint density at radius 3 is 2.56 bits per heavy atom. The standard InChI is InChI=1S/C16H9ClFN3O6/c17-12-5-8(18)1-4-13(12)27-7-14(22)19-20-15(23)10-3-2-9(21(25)26)6-11(10)16(20)24/h1-6H,7H2,(H,19,22). The quantitative estimate of drug-likeness (QED) is 0.472. The van der Waals surface area contributed by atoms with Crippen LogP contribution < -0.4 is 10.2 Å². The van der Waals surface area contributed by atoms with Crippen molar-refractivity contribution in [3.63, 3.8) is 0 Å². The predicted molar refractivity (Wildman–Crippen MR) is 88.6 cm³/mol. The smallest absolute Gasteiger partial charge is 0.280 e. The average Bonchev–Trinajstić information content (AvgIpc) is 2.85. The van der Waals surface area contributed by atoms with Gasteiger partial charge in [-0.1, -0.05) is 11.6 Å². The third-order valence-corrected chi connectivity index (χ3v) is 3.87. The van der Waals surface area contributed by atoms with Crippen LogP contribution in [0.1, 0.15) is 20.7 Å². The fraction of sp³-hybridized carbons (Fsp3) is 0.0625. The van der Waals surface area contributed by atoms with Gasteiger partial charge in [-0.15, -0.1) is 0 Å². The van der Waals surface area contributed by atoms with Gasteiger partial charge in [0.25, 0.3) is 23.4 Å². The summed E-state index contributed by atoms with van der Waals surface area (Å²) in [5.41, 5.74) is 1.42. The number of non-ortho nitro benzene ring substituents is 1. The summed E-state index contributed by atoms with van der Waals surface area (Å²) >= 11 is 5.76. The van der Waals surface area contributed by atoms with Gasteiger partial charge >= 0.3 is 0 Å². The molecule has 0 bridgehead atoms. The van der Waals surface area contributed by atoms with Crippen molar-refractivity contribution >= 4 is 35.0 Å². The lowest BCUT2D eigenvalue weighted by Crippen LogP contribution is -2.47. The van der Waals surface area contributed by atoms with E-state index in [-0.39, 0.29) is 27.6 Å². The first-order valence-electron chi connectivity index (χ1n) is 7.32. The van der Waals surface area contributed by atoms with Crippen molar-refractivity contribution in [1.82, 2.24) is 10.4 Å². The summed E-state index contributed by atoms with van der Waals surface area (Å²) in [5, 5.41) is 11.2. The fourth-order valence-electron chi connectivity index (χ4n) is 2.34. The van der Waals surface area contributed by atoms with Crippen LogP contribution in [0.4, 0.5) is 10.1 Å². The van der Waals surface area contributed by atoms with E-state index in [4.69, 9.17) is 16.3 Å². The second-order valence-corrected chi connectivity index (χ2v) is 5.74. The number of imide groups is 1. The summed E-state index contributed by atoms with van der Waals surface area (Å²) < 4.78 is 18.1. The number of halogens is 2. The van der Waals surface area contributed by atoms with Crippen LogP contribution in [0.15, 0.2) is 36.4 Å². The van der Waals surface area contributed by atoms with Gasteiger partial charge in [-0.25, -0.2) is 4.39 Å². The van der Waals surface area contributed by atoms with Crippen LogP contribution >= 0.6 is 11.6 Å². The Hall–Kier alpha value is -3.53. The normalized spacial score (nSPS) is 12.7. The zero-order valence-electron chi connectivity index (χ0n) is 13.3. The molecule has 2 aromatic carbocycles. The SMILES string of the molecule is O=C(COc1ccc(F)cc1Cl)NN1C(=O)c2ccc([N+](=O)[O-])cc2C1=O. The second kappa shape index (κ2) is 7.00. The zero-order valence-corrected chi connectivity index (χ0v) is 14.0. The molecule has 0 atom stereocenters. The summed E-state index contributed by atoms with van der Waals surface area (Å²) in [7, 11) is 0. The number of hydrogen-bond donors (Lipinski definition) is 1. The van der Waals surface area contributed by atoms with E-state index in [2.05, 4.69) is 5.43 Å². The maximum Gasteiger partial charge on any atom is 0.280 e. The van der Waals surface area contributed by atoms with Crippen molar-refractivity contribution in [2.24, 2.45) is 0 Å². The largest absolute Gasteiger partial charge is 0.482 e. The zero-order chi connectivity index (χ0) is 19.7. The number of ether oxygens (including phenoxy) is 1. The van der Waals surface area contributed by atoms with Gasteiger partial charge in [0.2, 0.25) is 0 Å². The van der Waals surface area contributed by atoms with E-state index in [0.717, 1.165) is 30.3 Å².